The van der Waals surface area contributed by atoms with Crippen LogP contribution in [0.25, 0.3) is 5.69 Å². The number of aryl methyl sites for hydroxylation is 2. The van der Waals surface area contributed by atoms with Crippen LogP contribution in [0, 0.1) is 19.7 Å². The molecule has 142 valence electrons. The summed E-state index contributed by atoms with van der Waals surface area (Å²) < 4.78 is 16.6. The fourth-order valence-corrected chi connectivity index (χ4v) is 3.14. The van der Waals surface area contributed by atoms with Crippen molar-refractivity contribution in [3.63, 3.8) is 0 Å². The smallest absolute Gasteiger partial charge is 0.222 e. The summed E-state index contributed by atoms with van der Waals surface area (Å²) in [5.74, 6) is -0.206. The van der Waals surface area contributed by atoms with Crippen LogP contribution in [0.5, 0.6) is 0 Å². The van der Waals surface area contributed by atoms with Crippen molar-refractivity contribution in [3.05, 3.63) is 65.0 Å². The molecule has 6 nitrogen and oxygen atoms in total. The maximum absolute atomic E-state index is 13.0. The van der Waals surface area contributed by atoms with Gasteiger partial charge in [0.2, 0.25) is 5.91 Å². The molecule has 0 aliphatic carbocycles. The van der Waals surface area contributed by atoms with Crippen LogP contribution in [0.1, 0.15) is 28.9 Å². The second kappa shape index (κ2) is 7.73. The minimum Gasteiger partial charge on any atom is -0.341 e. The molecule has 0 spiro atoms. The van der Waals surface area contributed by atoms with Gasteiger partial charge in [-0.3, -0.25) is 9.48 Å². The number of hydrogen-bond donors (Lipinski definition) is 0. The summed E-state index contributed by atoms with van der Waals surface area (Å²) in [6.45, 7) is 4.47. The van der Waals surface area contributed by atoms with Crippen LogP contribution >= 0.6 is 0 Å². The van der Waals surface area contributed by atoms with Crippen molar-refractivity contribution in [3.8, 4) is 5.69 Å². The van der Waals surface area contributed by atoms with Crippen molar-refractivity contribution in [2.75, 3.05) is 7.05 Å². The van der Waals surface area contributed by atoms with Gasteiger partial charge in [0.05, 0.1) is 17.6 Å². The van der Waals surface area contributed by atoms with Gasteiger partial charge >= 0.3 is 0 Å². The number of benzene rings is 1. The molecule has 3 rings (SSSR count). The molecule has 0 aliphatic heterocycles. The van der Waals surface area contributed by atoms with Crippen LogP contribution in [0.2, 0.25) is 0 Å². The van der Waals surface area contributed by atoms with E-state index in [1.807, 2.05) is 31.8 Å². The van der Waals surface area contributed by atoms with E-state index in [1.165, 1.54) is 12.1 Å². The van der Waals surface area contributed by atoms with Crippen molar-refractivity contribution in [1.29, 1.82) is 0 Å². The fraction of sp³-hybridized carbons (Fsp3) is 0.350. The van der Waals surface area contributed by atoms with Crippen molar-refractivity contribution in [1.82, 2.24) is 24.5 Å². The van der Waals surface area contributed by atoms with Crippen LogP contribution in [0.15, 0.2) is 36.7 Å². The van der Waals surface area contributed by atoms with E-state index >= 15 is 0 Å². The number of carbonyl (C=O) groups excluding carboxylic acids is 1. The first-order chi connectivity index (χ1) is 12.8. The second-order valence-electron chi connectivity index (χ2n) is 6.79. The summed E-state index contributed by atoms with van der Waals surface area (Å²) in [4.78, 5) is 14.2. The molecule has 1 aromatic carbocycles. The summed E-state index contributed by atoms with van der Waals surface area (Å²) in [5, 5.41) is 8.69. The van der Waals surface area contributed by atoms with Gasteiger partial charge in [-0.15, -0.1) is 0 Å². The van der Waals surface area contributed by atoms with E-state index in [9.17, 15) is 9.18 Å². The minimum absolute atomic E-state index is 0.0761. The van der Waals surface area contributed by atoms with Crippen LogP contribution in [-0.4, -0.2) is 37.4 Å². The van der Waals surface area contributed by atoms with Crippen LogP contribution in [0.4, 0.5) is 4.39 Å². The molecule has 0 atom stereocenters. The SMILES string of the molecule is Cc1nn(C)c(C)c1CCC(=O)N(C)Cc1cnn(-c2ccc(F)cc2)c1. The van der Waals surface area contributed by atoms with E-state index < -0.39 is 0 Å². The lowest BCUT2D eigenvalue weighted by Gasteiger charge is -2.16. The lowest BCUT2D eigenvalue weighted by molar-refractivity contribution is -0.130. The molecule has 0 radical (unpaired) electrons. The Balaban J connectivity index is 1.59. The number of amides is 1. The Kier molecular flexibility index (Phi) is 5.39. The Labute approximate surface area is 158 Å². The Morgan fingerprint density at radius 1 is 1.22 bits per heavy atom. The van der Waals surface area contributed by atoms with Gasteiger partial charge in [0.1, 0.15) is 5.82 Å². The maximum Gasteiger partial charge on any atom is 0.222 e. The summed E-state index contributed by atoms with van der Waals surface area (Å²) in [7, 11) is 3.71. The number of carbonyl (C=O) groups is 1. The second-order valence-corrected chi connectivity index (χ2v) is 6.79. The standard InChI is InChI=1S/C20H24FN5O/c1-14-19(15(2)25(4)23-14)9-10-20(27)24(3)12-16-11-22-26(13-16)18-7-5-17(21)6-8-18/h5-8,11,13H,9-10,12H2,1-4H3. The number of aromatic nitrogens is 4. The molecule has 3 aromatic rings. The van der Waals surface area contributed by atoms with Crippen LogP contribution < -0.4 is 0 Å². The van der Waals surface area contributed by atoms with Crippen molar-refractivity contribution < 1.29 is 9.18 Å². The monoisotopic (exact) mass is 369 g/mol. The number of nitrogens with zero attached hydrogens (tertiary/aromatic N) is 5. The van der Waals surface area contributed by atoms with Gasteiger partial charge in [0.15, 0.2) is 0 Å². The number of hydrogen-bond acceptors (Lipinski definition) is 3. The van der Waals surface area contributed by atoms with Gasteiger partial charge in [0.25, 0.3) is 0 Å². The van der Waals surface area contributed by atoms with Crippen molar-refractivity contribution in [2.24, 2.45) is 7.05 Å². The minimum atomic E-state index is -0.282. The quantitative estimate of drug-likeness (QED) is 0.671. The molecular weight excluding hydrogens is 345 g/mol. The van der Waals surface area contributed by atoms with E-state index in [0.29, 0.717) is 19.4 Å². The Bertz CT molecular complexity index is 942. The Hall–Kier alpha value is -2.96. The predicted molar refractivity (Wildman–Crippen MR) is 101 cm³/mol. The molecule has 2 heterocycles. The van der Waals surface area contributed by atoms with Gasteiger partial charge in [-0.2, -0.15) is 10.2 Å². The molecule has 0 aliphatic rings. The zero-order chi connectivity index (χ0) is 19.6. The van der Waals surface area contributed by atoms with E-state index in [0.717, 1.165) is 28.2 Å². The molecular formula is C20H24FN5O. The van der Waals surface area contributed by atoms with E-state index in [1.54, 1.807) is 35.0 Å². The highest BCUT2D eigenvalue weighted by Crippen LogP contribution is 2.15. The highest BCUT2D eigenvalue weighted by molar-refractivity contribution is 5.76. The topological polar surface area (TPSA) is 56.0 Å². The molecule has 0 saturated carbocycles. The summed E-state index contributed by atoms with van der Waals surface area (Å²) in [6.07, 6.45) is 4.70. The highest BCUT2D eigenvalue weighted by atomic mass is 19.1. The lowest BCUT2D eigenvalue weighted by Crippen LogP contribution is -2.26. The Morgan fingerprint density at radius 2 is 1.93 bits per heavy atom. The summed E-state index contributed by atoms with van der Waals surface area (Å²) in [5.41, 5.74) is 4.92. The van der Waals surface area contributed by atoms with E-state index in [4.69, 9.17) is 0 Å². The first-order valence-corrected chi connectivity index (χ1v) is 8.87. The lowest BCUT2D eigenvalue weighted by atomic mass is 10.1. The van der Waals surface area contributed by atoms with Crippen LogP contribution in [-0.2, 0) is 24.8 Å². The first kappa shape index (κ1) is 18.8. The molecule has 2 aromatic heterocycles. The zero-order valence-corrected chi connectivity index (χ0v) is 16.1. The van der Waals surface area contributed by atoms with Crippen molar-refractivity contribution >= 4 is 5.91 Å². The third kappa shape index (κ3) is 4.24. The molecule has 1 amide bonds. The molecule has 0 bridgehead atoms. The van der Waals surface area contributed by atoms with Crippen LogP contribution in [0.3, 0.4) is 0 Å². The van der Waals surface area contributed by atoms with Gasteiger partial charge < -0.3 is 4.90 Å². The van der Waals surface area contributed by atoms with Gasteiger partial charge in [0, 0.05) is 44.5 Å². The average molecular weight is 369 g/mol. The van der Waals surface area contributed by atoms with E-state index in [2.05, 4.69) is 10.2 Å². The number of halogens is 1. The maximum atomic E-state index is 13.0. The molecule has 27 heavy (non-hydrogen) atoms. The van der Waals surface area contributed by atoms with Crippen molar-refractivity contribution in [2.45, 2.75) is 33.2 Å². The summed E-state index contributed by atoms with van der Waals surface area (Å²) in [6, 6.07) is 6.13. The third-order valence-electron chi connectivity index (χ3n) is 4.82. The molecule has 7 heteroatoms. The van der Waals surface area contributed by atoms with Gasteiger partial charge in [-0.1, -0.05) is 0 Å². The summed E-state index contributed by atoms with van der Waals surface area (Å²) >= 11 is 0. The fourth-order valence-electron chi connectivity index (χ4n) is 3.14. The molecule has 0 saturated heterocycles. The highest BCUT2D eigenvalue weighted by Gasteiger charge is 2.15. The Morgan fingerprint density at radius 3 is 2.56 bits per heavy atom. The zero-order valence-electron chi connectivity index (χ0n) is 16.1. The predicted octanol–water partition coefficient (Wildman–Crippen LogP) is 2.95. The van der Waals surface area contributed by atoms with Gasteiger partial charge in [-0.05, 0) is 50.1 Å². The molecule has 0 unspecified atom stereocenters. The number of rotatable bonds is 6. The normalized spacial score (nSPS) is 11.0. The largest absolute Gasteiger partial charge is 0.341 e. The van der Waals surface area contributed by atoms with E-state index in [-0.39, 0.29) is 11.7 Å². The van der Waals surface area contributed by atoms with Gasteiger partial charge in [-0.25, -0.2) is 9.07 Å². The molecule has 0 N–H and O–H groups in total. The molecule has 0 fully saturated rings. The average Bonchev–Trinajstić information content (AvgIpc) is 3.19. The third-order valence-corrected chi connectivity index (χ3v) is 4.82. The first-order valence-electron chi connectivity index (χ1n) is 8.87.